The van der Waals surface area contributed by atoms with E-state index >= 15 is 0 Å². The Balaban J connectivity index is 0.000000229. The highest BCUT2D eigenvalue weighted by molar-refractivity contribution is 6.33. The highest BCUT2D eigenvalue weighted by Crippen LogP contribution is 2.37. The number of carbonyl (C=O) groups excluding carboxylic acids is 1. The third kappa shape index (κ3) is 12.7. The molecule has 13 nitrogen and oxygen atoms in total. The van der Waals surface area contributed by atoms with E-state index in [1.165, 1.54) is 19.5 Å². The van der Waals surface area contributed by atoms with Crippen LogP contribution in [0.5, 0.6) is 11.5 Å². The van der Waals surface area contributed by atoms with Gasteiger partial charge in [0, 0.05) is 73.9 Å². The number of carboxylic acids is 1. The van der Waals surface area contributed by atoms with E-state index in [4.69, 9.17) is 61.0 Å². The molecule has 6 rings (SSSR count). The molecular formula is C40H48Cl4F6N8O5. The topological polar surface area (TPSA) is 130 Å². The fourth-order valence-corrected chi connectivity index (χ4v) is 7.81. The summed E-state index contributed by atoms with van der Waals surface area (Å²) in [6.45, 7) is 13.0. The summed E-state index contributed by atoms with van der Waals surface area (Å²) in [4.78, 5) is 29.4. The predicted molar refractivity (Wildman–Crippen MR) is 230 cm³/mol. The van der Waals surface area contributed by atoms with Crippen molar-refractivity contribution in [1.29, 1.82) is 0 Å². The van der Waals surface area contributed by atoms with Crippen molar-refractivity contribution in [3.8, 4) is 11.5 Å². The molecule has 2 fully saturated rings. The lowest BCUT2D eigenvalue weighted by atomic mass is 10.1. The third-order valence-electron chi connectivity index (χ3n) is 10.4. The number of nitrogens with zero attached hydrogens (tertiary/aromatic N) is 7. The molecule has 0 radical (unpaired) electrons. The molecule has 1 amide bonds. The van der Waals surface area contributed by atoms with Crippen LogP contribution >= 0.6 is 46.4 Å². The number of hydrogen-bond acceptors (Lipinski definition) is 9. The Bertz CT molecular complexity index is 2240. The molecule has 23 heteroatoms. The van der Waals surface area contributed by atoms with Gasteiger partial charge in [-0.05, 0) is 65.8 Å². The molecule has 0 aliphatic carbocycles. The smallest absolute Gasteiger partial charge is 0.436 e. The Morgan fingerprint density at radius 2 is 1.16 bits per heavy atom. The van der Waals surface area contributed by atoms with Gasteiger partial charge in [-0.3, -0.25) is 19.0 Å². The molecule has 2 aliphatic rings. The van der Waals surface area contributed by atoms with Crippen LogP contribution in [0, 0.1) is 13.8 Å². The maximum atomic E-state index is 13.1. The van der Waals surface area contributed by atoms with Gasteiger partial charge in [-0.25, -0.2) is 0 Å². The second-order valence-corrected chi connectivity index (χ2v) is 16.6. The van der Waals surface area contributed by atoms with Crippen molar-refractivity contribution in [1.82, 2.24) is 29.8 Å². The van der Waals surface area contributed by atoms with Crippen molar-refractivity contribution in [2.24, 2.45) is 0 Å². The largest absolute Gasteiger partial charge is 0.495 e. The van der Waals surface area contributed by atoms with Gasteiger partial charge in [0.1, 0.15) is 24.6 Å². The van der Waals surface area contributed by atoms with Gasteiger partial charge >= 0.3 is 18.3 Å². The van der Waals surface area contributed by atoms with Crippen molar-refractivity contribution in [3.05, 3.63) is 79.3 Å². The number of aromatic nitrogens is 4. The molecule has 4 atom stereocenters. The van der Waals surface area contributed by atoms with Gasteiger partial charge in [0.2, 0.25) is 5.91 Å². The number of piperazine rings is 2. The third-order valence-corrected chi connectivity index (χ3v) is 11.9. The van der Waals surface area contributed by atoms with Crippen LogP contribution in [0.25, 0.3) is 0 Å². The summed E-state index contributed by atoms with van der Waals surface area (Å²) in [7, 11) is 3.19. The first kappa shape index (κ1) is 51.3. The summed E-state index contributed by atoms with van der Waals surface area (Å²) in [5.74, 6) is -0.304. The Kier molecular flexibility index (Phi) is 17.2. The van der Waals surface area contributed by atoms with Gasteiger partial charge in [0.25, 0.3) is 0 Å². The lowest BCUT2D eigenvalue weighted by Crippen LogP contribution is -2.58. The Labute approximate surface area is 380 Å². The summed E-state index contributed by atoms with van der Waals surface area (Å²) >= 11 is 23.3. The second-order valence-electron chi connectivity index (χ2n) is 15.0. The number of halogens is 10. The van der Waals surface area contributed by atoms with E-state index in [9.17, 15) is 35.9 Å². The van der Waals surface area contributed by atoms with Crippen LogP contribution in [0.3, 0.4) is 0 Å². The molecule has 63 heavy (non-hydrogen) atoms. The molecule has 2 N–H and O–H groups in total. The molecule has 2 aliphatic heterocycles. The van der Waals surface area contributed by atoms with E-state index in [1.54, 1.807) is 25.2 Å². The van der Waals surface area contributed by atoms with Crippen LogP contribution in [0.15, 0.2) is 36.4 Å². The normalized spacial score (nSPS) is 19.2. The molecule has 348 valence electrons. The minimum Gasteiger partial charge on any atom is -0.495 e. The number of alkyl halides is 6. The molecule has 4 heterocycles. The number of amides is 1. The van der Waals surface area contributed by atoms with Crippen LogP contribution in [-0.4, -0.2) is 106 Å². The standard InChI is InChI=1S/C20H23Cl2F3N4O2.C13H19ClN2O.C7H6ClF3N2O2/c1-11-9-28(12(2)8-27(11)14-5-6-15(21)16(7-14)31-4)17(30)10-29-13(3)18(22)19(26-29)20(23,24)25;1-9-8-16(10(2)7-15-9)11-4-5-12(14)13(6-11)17-3;1-3-5(8)6(7(9,10)11)12-13(3)2-4(14)15/h5-7,11-12H,8-10H2,1-4H3;4-6,9-10,15H,7-8H2,1-3H3;2H2,1H3,(H,14,15)/t11-,12+;9-,10+;/m10./s1. The van der Waals surface area contributed by atoms with Crippen molar-refractivity contribution in [2.75, 3.05) is 50.2 Å². The van der Waals surface area contributed by atoms with Crippen molar-refractivity contribution in [2.45, 2.75) is 91.2 Å². The number of carboxylic acid groups (broad SMARTS) is 1. The quantitative estimate of drug-likeness (QED) is 0.165. The maximum Gasteiger partial charge on any atom is 0.436 e. The molecule has 2 aromatic heterocycles. The molecule has 2 aromatic carbocycles. The number of nitrogens with one attached hydrogen (secondary N) is 1. The first-order chi connectivity index (χ1) is 29.3. The summed E-state index contributed by atoms with van der Waals surface area (Å²) < 4.78 is 88.2. The van der Waals surface area contributed by atoms with E-state index in [1.807, 2.05) is 38.1 Å². The lowest BCUT2D eigenvalue weighted by molar-refractivity contribution is -0.143. The second kappa shape index (κ2) is 21.1. The Morgan fingerprint density at radius 1 is 0.714 bits per heavy atom. The van der Waals surface area contributed by atoms with Crippen LogP contribution < -0.4 is 24.6 Å². The monoisotopic (exact) mass is 974 g/mol. The van der Waals surface area contributed by atoms with E-state index in [0.29, 0.717) is 45.6 Å². The minimum atomic E-state index is -4.68. The van der Waals surface area contributed by atoms with E-state index in [2.05, 4.69) is 45.2 Å². The molecular weight excluding hydrogens is 928 g/mol. The number of rotatable bonds is 8. The van der Waals surface area contributed by atoms with Gasteiger partial charge < -0.3 is 34.6 Å². The maximum absolute atomic E-state index is 13.1. The minimum absolute atomic E-state index is 0.0219. The van der Waals surface area contributed by atoms with Gasteiger partial charge in [-0.2, -0.15) is 36.5 Å². The summed E-state index contributed by atoms with van der Waals surface area (Å²) in [6, 6.07) is 12.2. The number of anilines is 2. The lowest BCUT2D eigenvalue weighted by Gasteiger charge is -2.45. The van der Waals surface area contributed by atoms with Gasteiger partial charge in [0.15, 0.2) is 11.4 Å². The van der Waals surface area contributed by atoms with Crippen LogP contribution in [0.1, 0.15) is 50.5 Å². The van der Waals surface area contributed by atoms with E-state index in [0.717, 1.165) is 29.2 Å². The number of methoxy groups -OCH3 is 2. The van der Waals surface area contributed by atoms with Crippen molar-refractivity contribution < 1.29 is 50.5 Å². The van der Waals surface area contributed by atoms with Gasteiger partial charge in [0.05, 0.1) is 45.7 Å². The van der Waals surface area contributed by atoms with E-state index < -0.39 is 46.3 Å². The molecule has 0 saturated carbocycles. The fraction of sp³-hybridized carbons (Fsp3) is 0.500. The van der Waals surface area contributed by atoms with Gasteiger partial charge in [-0.15, -0.1) is 0 Å². The van der Waals surface area contributed by atoms with Crippen molar-refractivity contribution >= 4 is 69.7 Å². The number of benzene rings is 2. The predicted octanol–water partition coefficient (Wildman–Crippen LogP) is 9.14. The number of ether oxygens (including phenoxy) is 2. The highest BCUT2D eigenvalue weighted by Gasteiger charge is 2.40. The average molecular weight is 977 g/mol. The van der Waals surface area contributed by atoms with E-state index in [-0.39, 0.29) is 35.9 Å². The zero-order valence-corrected chi connectivity index (χ0v) is 38.5. The van der Waals surface area contributed by atoms with Crippen LogP contribution in [0.4, 0.5) is 37.7 Å². The molecule has 0 unspecified atom stereocenters. The van der Waals surface area contributed by atoms with Crippen molar-refractivity contribution in [3.63, 3.8) is 0 Å². The number of aliphatic carboxylic acids is 1. The molecule has 4 aromatic rings. The summed E-state index contributed by atoms with van der Waals surface area (Å²) in [5, 5.41) is 18.6. The highest BCUT2D eigenvalue weighted by atomic mass is 35.5. The zero-order chi connectivity index (χ0) is 47.3. The summed E-state index contributed by atoms with van der Waals surface area (Å²) in [6.07, 6.45) is -9.35. The summed E-state index contributed by atoms with van der Waals surface area (Å²) in [5.41, 5.74) is -0.268. The molecule has 0 bridgehead atoms. The first-order valence-corrected chi connectivity index (χ1v) is 20.8. The number of carbonyl (C=O) groups is 2. The molecule has 0 spiro atoms. The SMILES string of the molecule is COc1cc(N2C[C@H](C)N(C(=O)Cn3nc(C(F)(F)F)c(Cl)c3C)C[C@H]2C)ccc1Cl.COc1cc(N2C[C@H](C)NC[C@H]2C)ccc1Cl.Cc1c(Cl)c(C(F)(F)F)nn1CC(=O)O. The Morgan fingerprint density at radius 3 is 1.57 bits per heavy atom. The van der Waals surface area contributed by atoms with Crippen LogP contribution in [0.2, 0.25) is 20.1 Å². The first-order valence-electron chi connectivity index (χ1n) is 19.3. The van der Waals surface area contributed by atoms with Gasteiger partial charge in [-0.1, -0.05) is 46.4 Å². The average Bonchev–Trinajstić information content (AvgIpc) is 3.66. The zero-order valence-electron chi connectivity index (χ0n) is 35.5. The molecule has 2 saturated heterocycles. The number of hydrogen-bond donors (Lipinski definition) is 2. The van der Waals surface area contributed by atoms with Crippen LogP contribution in [-0.2, 0) is 35.0 Å². The fourth-order valence-electron chi connectivity index (χ4n) is 6.94. The Hall–Kier alpha value is -4.30.